The van der Waals surface area contributed by atoms with Gasteiger partial charge in [-0.2, -0.15) is 0 Å². The van der Waals surface area contributed by atoms with Crippen molar-refractivity contribution in [2.45, 2.75) is 19.9 Å². The Hall–Kier alpha value is -2.05. The Kier molecular flexibility index (Phi) is 3.69. The van der Waals surface area contributed by atoms with Gasteiger partial charge in [0.15, 0.2) is 17.5 Å². The molecule has 0 spiro atoms. The van der Waals surface area contributed by atoms with Crippen LogP contribution in [0.4, 0.5) is 18.9 Å². The van der Waals surface area contributed by atoms with Crippen LogP contribution in [0.2, 0.25) is 0 Å². The molecule has 0 aliphatic carbocycles. The number of piperazine rings is 1. The summed E-state index contributed by atoms with van der Waals surface area (Å²) in [6.45, 7) is 3.04. The van der Waals surface area contributed by atoms with E-state index in [1.807, 2.05) is 0 Å². The molecule has 1 aromatic carbocycles. The Labute approximate surface area is 113 Å². The molecule has 2 amide bonds. The van der Waals surface area contributed by atoms with E-state index in [4.69, 9.17) is 0 Å². The van der Waals surface area contributed by atoms with Crippen molar-refractivity contribution < 1.29 is 22.8 Å². The van der Waals surface area contributed by atoms with Gasteiger partial charge < -0.3 is 5.32 Å². The van der Waals surface area contributed by atoms with E-state index in [1.165, 1.54) is 0 Å². The van der Waals surface area contributed by atoms with E-state index < -0.39 is 41.0 Å². The van der Waals surface area contributed by atoms with Crippen LogP contribution in [0.1, 0.15) is 13.8 Å². The molecule has 1 atom stereocenters. The van der Waals surface area contributed by atoms with Crippen molar-refractivity contribution in [1.82, 2.24) is 5.32 Å². The molecule has 7 heteroatoms. The molecule has 1 aliphatic heterocycles. The van der Waals surface area contributed by atoms with E-state index in [0.717, 1.165) is 17.0 Å². The molecule has 1 N–H and O–H groups in total. The Bertz CT molecular complexity index is 575. The number of hydrogen-bond donors (Lipinski definition) is 1. The van der Waals surface area contributed by atoms with Crippen LogP contribution in [-0.4, -0.2) is 24.4 Å². The Morgan fingerprint density at radius 1 is 1.20 bits per heavy atom. The molecule has 1 unspecified atom stereocenters. The van der Waals surface area contributed by atoms with Gasteiger partial charge in [0.25, 0.3) is 0 Å². The number of anilines is 1. The molecule has 1 saturated heterocycles. The first-order valence-electron chi connectivity index (χ1n) is 6.08. The van der Waals surface area contributed by atoms with Gasteiger partial charge in [0, 0.05) is 0 Å². The highest BCUT2D eigenvalue weighted by Gasteiger charge is 2.39. The fourth-order valence-corrected chi connectivity index (χ4v) is 2.21. The Balaban J connectivity index is 2.55. The maximum absolute atomic E-state index is 13.8. The van der Waals surface area contributed by atoms with Gasteiger partial charge in [-0.25, -0.2) is 13.2 Å². The predicted octanol–water partition coefficient (Wildman–Crippen LogP) is 1.59. The lowest BCUT2D eigenvalue weighted by atomic mass is 9.98. The third kappa shape index (κ3) is 2.23. The normalized spacial score (nSPS) is 19.5. The second kappa shape index (κ2) is 5.15. The number of carbonyl (C=O) groups excluding carboxylic acids is 2. The number of halogens is 3. The average molecular weight is 286 g/mol. The van der Waals surface area contributed by atoms with E-state index in [-0.39, 0.29) is 12.5 Å². The first-order chi connectivity index (χ1) is 9.34. The van der Waals surface area contributed by atoms with Crippen LogP contribution in [-0.2, 0) is 9.59 Å². The van der Waals surface area contributed by atoms with E-state index in [9.17, 15) is 22.8 Å². The first-order valence-corrected chi connectivity index (χ1v) is 6.08. The third-order valence-electron chi connectivity index (χ3n) is 3.14. The molecule has 2 rings (SSSR count). The van der Waals surface area contributed by atoms with Crippen LogP contribution >= 0.6 is 0 Å². The SMILES string of the molecule is CC(C)C1C(=O)NCC(=O)N1c1ccc(F)c(F)c1F. The smallest absolute Gasteiger partial charge is 0.247 e. The summed E-state index contributed by atoms with van der Waals surface area (Å²) in [7, 11) is 0. The monoisotopic (exact) mass is 286 g/mol. The van der Waals surface area contributed by atoms with E-state index in [1.54, 1.807) is 13.8 Å². The number of nitrogens with one attached hydrogen (secondary N) is 1. The van der Waals surface area contributed by atoms with E-state index in [2.05, 4.69) is 5.32 Å². The maximum atomic E-state index is 13.8. The van der Waals surface area contributed by atoms with Crippen molar-refractivity contribution in [3.63, 3.8) is 0 Å². The van der Waals surface area contributed by atoms with Crippen molar-refractivity contribution in [3.8, 4) is 0 Å². The molecule has 1 aromatic rings. The number of benzene rings is 1. The first kappa shape index (κ1) is 14.4. The van der Waals surface area contributed by atoms with Crippen LogP contribution in [0.5, 0.6) is 0 Å². The molecule has 1 heterocycles. The summed E-state index contributed by atoms with van der Waals surface area (Å²) in [6.07, 6.45) is 0. The summed E-state index contributed by atoms with van der Waals surface area (Å²) in [6, 6.07) is 0.723. The zero-order valence-corrected chi connectivity index (χ0v) is 10.9. The number of amides is 2. The summed E-state index contributed by atoms with van der Waals surface area (Å²) in [5.41, 5.74) is -0.428. The quantitative estimate of drug-likeness (QED) is 0.839. The molecule has 4 nitrogen and oxygen atoms in total. The van der Waals surface area contributed by atoms with Gasteiger partial charge in [-0.3, -0.25) is 14.5 Å². The lowest BCUT2D eigenvalue weighted by molar-refractivity contribution is -0.131. The van der Waals surface area contributed by atoms with Crippen LogP contribution in [0, 0.1) is 23.4 Å². The van der Waals surface area contributed by atoms with Gasteiger partial charge in [0.2, 0.25) is 11.8 Å². The standard InChI is InChI=1S/C13H13F3N2O2/c1-6(2)12-13(20)17-5-9(19)18(12)8-4-3-7(14)10(15)11(8)16/h3-4,6,12H,5H2,1-2H3,(H,17,20). The Morgan fingerprint density at radius 2 is 1.85 bits per heavy atom. The van der Waals surface area contributed by atoms with Crippen LogP contribution < -0.4 is 10.2 Å². The second-order valence-electron chi connectivity index (χ2n) is 4.86. The van der Waals surface area contributed by atoms with Crippen LogP contribution in [0.3, 0.4) is 0 Å². The highest BCUT2D eigenvalue weighted by Crippen LogP contribution is 2.28. The van der Waals surface area contributed by atoms with Crippen LogP contribution in [0.25, 0.3) is 0 Å². The molecule has 0 aromatic heterocycles. The van der Waals surface area contributed by atoms with Gasteiger partial charge >= 0.3 is 0 Å². The summed E-state index contributed by atoms with van der Waals surface area (Å²) < 4.78 is 40.1. The van der Waals surface area contributed by atoms with Crippen molar-refractivity contribution in [1.29, 1.82) is 0 Å². The van der Waals surface area contributed by atoms with Crippen molar-refractivity contribution in [2.24, 2.45) is 5.92 Å². The van der Waals surface area contributed by atoms with Crippen molar-refractivity contribution >= 4 is 17.5 Å². The Morgan fingerprint density at radius 3 is 2.45 bits per heavy atom. The molecule has 1 fully saturated rings. The van der Waals surface area contributed by atoms with Crippen molar-refractivity contribution in [3.05, 3.63) is 29.6 Å². The highest BCUT2D eigenvalue weighted by molar-refractivity contribution is 6.06. The van der Waals surface area contributed by atoms with Gasteiger partial charge in [0.1, 0.15) is 6.04 Å². The maximum Gasteiger partial charge on any atom is 0.247 e. The lowest BCUT2D eigenvalue weighted by Crippen LogP contribution is -2.60. The largest absolute Gasteiger partial charge is 0.345 e. The second-order valence-corrected chi connectivity index (χ2v) is 4.86. The molecular formula is C13H13F3N2O2. The van der Waals surface area contributed by atoms with Gasteiger partial charge in [-0.15, -0.1) is 0 Å². The zero-order chi connectivity index (χ0) is 15.0. The fraction of sp³-hybridized carbons (Fsp3) is 0.385. The molecule has 20 heavy (non-hydrogen) atoms. The molecule has 0 radical (unpaired) electrons. The average Bonchev–Trinajstić information content (AvgIpc) is 2.39. The molecule has 108 valence electrons. The number of carbonyl (C=O) groups is 2. The molecule has 0 bridgehead atoms. The molecular weight excluding hydrogens is 273 g/mol. The summed E-state index contributed by atoms with van der Waals surface area (Å²) >= 11 is 0. The predicted molar refractivity (Wildman–Crippen MR) is 65.4 cm³/mol. The fourth-order valence-electron chi connectivity index (χ4n) is 2.21. The molecule has 0 saturated carbocycles. The van der Waals surface area contributed by atoms with Gasteiger partial charge in [0.05, 0.1) is 12.2 Å². The van der Waals surface area contributed by atoms with E-state index in [0.29, 0.717) is 0 Å². The molecule has 1 aliphatic rings. The summed E-state index contributed by atoms with van der Waals surface area (Å²) in [5.74, 6) is -5.83. The zero-order valence-electron chi connectivity index (χ0n) is 10.9. The highest BCUT2D eigenvalue weighted by atomic mass is 19.2. The summed E-state index contributed by atoms with van der Waals surface area (Å²) in [4.78, 5) is 24.7. The number of nitrogens with zero attached hydrogens (tertiary/aromatic N) is 1. The minimum Gasteiger partial charge on any atom is -0.345 e. The van der Waals surface area contributed by atoms with E-state index >= 15 is 0 Å². The van der Waals surface area contributed by atoms with Gasteiger partial charge in [-0.05, 0) is 18.1 Å². The lowest BCUT2D eigenvalue weighted by Gasteiger charge is -2.37. The minimum atomic E-state index is -1.66. The third-order valence-corrected chi connectivity index (χ3v) is 3.14. The number of rotatable bonds is 2. The number of hydrogen-bond acceptors (Lipinski definition) is 2. The van der Waals surface area contributed by atoms with Gasteiger partial charge in [-0.1, -0.05) is 13.8 Å². The summed E-state index contributed by atoms with van der Waals surface area (Å²) in [5, 5.41) is 2.39. The minimum absolute atomic E-state index is 0.305. The van der Waals surface area contributed by atoms with Crippen molar-refractivity contribution in [2.75, 3.05) is 11.4 Å². The topological polar surface area (TPSA) is 49.4 Å². The van der Waals surface area contributed by atoms with Crippen LogP contribution in [0.15, 0.2) is 12.1 Å².